The summed E-state index contributed by atoms with van der Waals surface area (Å²) in [5, 5.41) is 5.02. The number of piperidine rings is 1. The molecule has 1 aromatic carbocycles. The van der Waals surface area contributed by atoms with Gasteiger partial charge in [0.2, 0.25) is 10.0 Å². The van der Waals surface area contributed by atoms with Gasteiger partial charge in [-0.3, -0.25) is 4.79 Å². The Labute approximate surface area is 118 Å². The summed E-state index contributed by atoms with van der Waals surface area (Å²) in [4.78, 5) is 14.0. The van der Waals surface area contributed by atoms with E-state index < -0.39 is 10.0 Å². The third-order valence-electron chi connectivity index (χ3n) is 3.49. The van der Waals surface area contributed by atoms with E-state index in [1.807, 2.05) is 0 Å². The van der Waals surface area contributed by atoms with Crippen LogP contribution in [0.25, 0.3) is 0 Å². The van der Waals surface area contributed by atoms with Crippen molar-refractivity contribution in [2.24, 2.45) is 5.14 Å². The van der Waals surface area contributed by atoms with Crippen molar-refractivity contribution in [2.75, 3.05) is 20.2 Å². The monoisotopic (exact) mass is 298 g/mol. The quantitative estimate of drug-likeness (QED) is 0.884. The van der Waals surface area contributed by atoms with Gasteiger partial charge in [0, 0.05) is 25.8 Å². The first-order valence-corrected chi connectivity index (χ1v) is 7.91. The zero-order valence-electron chi connectivity index (χ0n) is 11.3. The SMILES string of the molecule is COC1CCN(C(=O)c2ccc(S(N)(=O)=O)cc2)CC1. The van der Waals surface area contributed by atoms with Crippen molar-refractivity contribution in [3.63, 3.8) is 0 Å². The average Bonchev–Trinajstić information content (AvgIpc) is 2.46. The van der Waals surface area contributed by atoms with E-state index in [4.69, 9.17) is 9.88 Å². The maximum Gasteiger partial charge on any atom is 0.253 e. The fraction of sp³-hybridized carbons (Fsp3) is 0.462. The third kappa shape index (κ3) is 3.36. The van der Waals surface area contributed by atoms with Gasteiger partial charge >= 0.3 is 0 Å². The Hall–Kier alpha value is -1.44. The molecule has 1 saturated heterocycles. The van der Waals surface area contributed by atoms with Crippen molar-refractivity contribution in [1.29, 1.82) is 0 Å². The molecule has 6 nitrogen and oxygen atoms in total. The molecule has 1 amide bonds. The Bertz CT molecular complexity index is 575. The molecule has 7 heteroatoms. The second-order valence-corrected chi connectivity index (χ2v) is 6.36. The number of rotatable bonds is 3. The predicted molar refractivity (Wildman–Crippen MR) is 73.7 cm³/mol. The highest BCUT2D eigenvalue weighted by atomic mass is 32.2. The van der Waals surface area contributed by atoms with Crippen molar-refractivity contribution in [3.8, 4) is 0 Å². The van der Waals surface area contributed by atoms with Gasteiger partial charge in [0.25, 0.3) is 5.91 Å². The number of carbonyl (C=O) groups excluding carboxylic acids is 1. The molecule has 0 radical (unpaired) electrons. The van der Waals surface area contributed by atoms with Crippen LogP contribution in [0.5, 0.6) is 0 Å². The van der Waals surface area contributed by atoms with E-state index in [1.165, 1.54) is 24.3 Å². The van der Waals surface area contributed by atoms with Gasteiger partial charge in [-0.2, -0.15) is 0 Å². The molecule has 0 saturated carbocycles. The lowest BCUT2D eigenvalue weighted by Gasteiger charge is -2.31. The fourth-order valence-electron chi connectivity index (χ4n) is 2.26. The zero-order chi connectivity index (χ0) is 14.8. The Balaban J connectivity index is 2.07. The van der Waals surface area contributed by atoms with Crippen molar-refractivity contribution in [3.05, 3.63) is 29.8 Å². The highest BCUT2D eigenvalue weighted by molar-refractivity contribution is 7.89. The number of sulfonamides is 1. The summed E-state index contributed by atoms with van der Waals surface area (Å²) in [6.45, 7) is 1.29. The van der Waals surface area contributed by atoms with Gasteiger partial charge < -0.3 is 9.64 Å². The normalized spacial score (nSPS) is 17.2. The molecule has 2 rings (SSSR count). The molecule has 2 N–H and O–H groups in total. The molecule has 20 heavy (non-hydrogen) atoms. The number of carbonyl (C=O) groups is 1. The molecule has 1 fully saturated rings. The smallest absolute Gasteiger partial charge is 0.253 e. The number of likely N-dealkylation sites (tertiary alicyclic amines) is 1. The molecule has 0 aliphatic carbocycles. The lowest BCUT2D eigenvalue weighted by Crippen LogP contribution is -2.40. The minimum Gasteiger partial charge on any atom is -0.381 e. The van der Waals surface area contributed by atoms with E-state index in [0.29, 0.717) is 18.7 Å². The number of ether oxygens (including phenoxy) is 1. The molecular weight excluding hydrogens is 280 g/mol. The first kappa shape index (κ1) is 15.0. The molecule has 0 unspecified atom stereocenters. The highest BCUT2D eigenvalue weighted by Gasteiger charge is 2.23. The Morgan fingerprint density at radius 1 is 1.25 bits per heavy atom. The van der Waals surface area contributed by atoms with Crippen molar-refractivity contribution in [2.45, 2.75) is 23.8 Å². The van der Waals surface area contributed by atoms with Crippen LogP contribution in [0.3, 0.4) is 0 Å². The predicted octanol–water partition coefficient (Wildman–Crippen LogP) is 0.585. The van der Waals surface area contributed by atoms with Crippen LogP contribution in [0.1, 0.15) is 23.2 Å². The number of hydrogen-bond donors (Lipinski definition) is 1. The van der Waals surface area contributed by atoms with Gasteiger partial charge in [-0.1, -0.05) is 0 Å². The molecular formula is C13H18N2O4S. The van der Waals surface area contributed by atoms with Crippen molar-refractivity contribution in [1.82, 2.24) is 4.90 Å². The summed E-state index contributed by atoms with van der Waals surface area (Å²) in [7, 11) is -2.05. The maximum atomic E-state index is 12.3. The second kappa shape index (κ2) is 5.90. The van der Waals surface area contributed by atoms with Crippen LogP contribution in [0.2, 0.25) is 0 Å². The highest BCUT2D eigenvalue weighted by Crippen LogP contribution is 2.17. The number of nitrogens with zero attached hydrogens (tertiary/aromatic N) is 1. The largest absolute Gasteiger partial charge is 0.381 e. The number of amides is 1. The summed E-state index contributed by atoms with van der Waals surface area (Å²) in [5.41, 5.74) is 0.466. The van der Waals surface area contributed by atoms with Gasteiger partial charge in [0.05, 0.1) is 11.0 Å². The first-order valence-electron chi connectivity index (χ1n) is 6.37. The van der Waals surface area contributed by atoms with Gasteiger partial charge in [0.15, 0.2) is 0 Å². The second-order valence-electron chi connectivity index (χ2n) is 4.80. The summed E-state index contributed by atoms with van der Waals surface area (Å²) in [5.74, 6) is -0.0967. The molecule has 110 valence electrons. The van der Waals surface area contributed by atoms with E-state index in [9.17, 15) is 13.2 Å². The van der Waals surface area contributed by atoms with Crippen LogP contribution in [0, 0.1) is 0 Å². The molecule has 0 atom stereocenters. The van der Waals surface area contributed by atoms with Crippen LogP contribution < -0.4 is 5.14 Å². The Morgan fingerprint density at radius 3 is 2.25 bits per heavy atom. The minimum atomic E-state index is -3.72. The molecule has 1 aliphatic heterocycles. The van der Waals surface area contributed by atoms with Crippen LogP contribution in [-0.4, -0.2) is 45.5 Å². The Kier molecular flexibility index (Phi) is 4.42. The lowest BCUT2D eigenvalue weighted by molar-refractivity contribution is 0.0350. The number of primary sulfonamides is 1. The minimum absolute atomic E-state index is 0.00661. The Morgan fingerprint density at radius 2 is 1.80 bits per heavy atom. The standard InChI is InChI=1S/C13H18N2O4S/c1-19-11-6-8-15(9-7-11)13(16)10-2-4-12(5-3-10)20(14,17)18/h2-5,11H,6-9H2,1H3,(H2,14,17,18). The topological polar surface area (TPSA) is 89.7 Å². The number of methoxy groups -OCH3 is 1. The van der Waals surface area contributed by atoms with E-state index in [0.717, 1.165) is 12.8 Å². The van der Waals surface area contributed by atoms with E-state index in [2.05, 4.69) is 0 Å². The number of nitrogens with two attached hydrogens (primary N) is 1. The van der Waals surface area contributed by atoms with Crippen LogP contribution in [-0.2, 0) is 14.8 Å². The fourth-order valence-corrected chi connectivity index (χ4v) is 2.78. The zero-order valence-corrected chi connectivity index (χ0v) is 12.1. The maximum absolute atomic E-state index is 12.3. The number of benzene rings is 1. The van der Waals surface area contributed by atoms with Crippen molar-refractivity contribution < 1.29 is 17.9 Å². The summed E-state index contributed by atoms with van der Waals surface area (Å²) < 4.78 is 27.6. The summed E-state index contributed by atoms with van der Waals surface area (Å²) in [6.07, 6.45) is 1.85. The van der Waals surface area contributed by atoms with Gasteiger partial charge in [-0.15, -0.1) is 0 Å². The third-order valence-corrected chi connectivity index (χ3v) is 4.42. The first-order chi connectivity index (χ1) is 9.41. The molecule has 0 aromatic heterocycles. The summed E-state index contributed by atoms with van der Waals surface area (Å²) >= 11 is 0. The summed E-state index contributed by atoms with van der Waals surface area (Å²) in [6, 6.07) is 5.68. The van der Waals surface area contributed by atoms with Gasteiger partial charge in [0.1, 0.15) is 0 Å². The van der Waals surface area contributed by atoms with Crippen LogP contribution in [0.15, 0.2) is 29.2 Å². The molecule has 1 aliphatic rings. The number of hydrogen-bond acceptors (Lipinski definition) is 4. The van der Waals surface area contributed by atoms with Crippen LogP contribution in [0.4, 0.5) is 0 Å². The molecule has 0 spiro atoms. The molecule has 0 bridgehead atoms. The average molecular weight is 298 g/mol. The van der Waals surface area contributed by atoms with E-state index in [-0.39, 0.29) is 16.9 Å². The molecule has 1 heterocycles. The lowest BCUT2D eigenvalue weighted by atomic mass is 10.1. The van der Waals surface area contributed by atoms with Crippen molar-refractivity contribution >= 4 is 15.9 Å². The van der Waals surface area contributed by atoms with Gasteiger partial charge in [-0.05, 0) is 37.1 Å². The van der Waals surface area contributed by atoms with E-state index in [1.54, 1.807) is 12.0 Å². The molecule has 1 aromatic rings. The van der Waals surface area contributed by atoms with E-state index >= 15 is 0 Å². The van der Waals surface area contributed by atoms with Crippen LogP contribution >= 0.6 is 0 Å². The van der Waals surface area contributed by atoms with Gasteiger partial charge in [-0.25, -0.2) is 13.6 Å².